The summed E-state index contributed by atoms with van der Waals surface area (Å²) in [5.41, 5.74) is -0.0719. The minimum absolute atomic E-state index is 0.179. The van der Waals surface area contributed by atoms with Crippen molar-refractivity contribution in [2.45, 2.75) is 26.8 Å². The number of rotatable bonds is 5. The quantitative estimate of drug-likeness (QED) is 0.844. The molecule has 1 aromatic carbocycles. The molecule has 1 unspecified atom stereocenters. The van der Waals surface area contributed by atoms with Gasteiger partial charge >= 0.3 is 0 Å². The van der Waals surface area contributed by atoms with E-state index in [1.54, 1.807) is 26.8 Å². The molecule has 0 aliphatic carbocycles. The van der Waals surface area contributed by atoms with Crippen LogP contribution in [0, 0.1) is 11.2 Å². The molecule has 1 amide bonds. The van der Waals surface area contributed by atoms with Crippen LogP contribution in [-0.4, -0.2) is 18.9 Å². The molecule has 0 radical (unpaired) electrons. The van der Waals surface area contributed by atoms with Gasteiger partial charge in [-0.3, -0.25) is 4.79 Å². The normalized spacial score (nSPS) is 12.9. The summed E-state index contributed by atoms with van der Waals surface area (Å²) in [4.78, 5) is 12.0. The molecule has 0 aromatic heterocycles. The van der Waals surface area contributed by atoms with E-state index in [2.05, 4.69) is 5.32 Å². The zero-order chi connectivity index (χ0) is 14.6. The zero-order valence-corrected chi connectivity index (χ0v) is 12.3. The second kappa shape index (κ2) is 6.24. The molecule has 19 heavy (non-hydrogen) atoms. The Balaban J connectivity index is 2.92. The monoisotopic (exact) mass is 287 g/mol. The number of ether oxygens (including phenoxy) is 1. The minimum Gasteiger partial charge on any atom is -0.496 e. The van der Waals surface area contributed by atoms with Gasteiger partial charge in [-0.25, -0.2) is 4.39 Å². The van der Waals surface area contributed by atoms with Crippen LogP contribution in [0.2, 0.25) is 0 Å². The van der Waals surface area contributed by atoms with E-state index in [1.165, 1.54) is 19.2 Å². The fourth-order valence-corrected chi connectivity index (χ4v) is 1.70. The van der Waals surface area contributed by atoms with Crippen molar-refractivity contribution in [2.75, 3.05) is 13.0 Å². The molecule has 0 saturated carbocycles. The topological polar surface area (TPSA) is 38.3 Å². The third-order valence-electron chi connectivity index (χ3n) is 2.95. The van der Waals surface area contributed by atoms with Crippen molar-refractivity contribution in [3.63, 3.8) is 0 Å². The molecule has 0 aliphatic rings. The lowest BCUT2D eigenvalue weighted by atomic mass is 9.94. The molecule has 0 saturated heterocycles. The Morgan fingerprint density at radius 3 is 2.68 bits per heavy atom. The fraction of sp³-hybridized carbons (Fsp3) is 0.500. The number of nitrogens with one attached hydrogen (secondary N) is 1. The number of hydrogen-bond donors (Lipinski definition) is 1. The summed E-state index contributed by atoms with van der Waals surface area (Å²) in [5, 5.41) is 2.82. The van der Waals surface area contributed by atoms with Gasteiger partial charge in [0.25, 0.3) is 0 Å². The third kappa shape index (κ3) is 3.83. The molecular weight excluding hydrogens is 269 g/mol. The molecule has 0 heterocycles. The number of carbonyl (C=O) groups is 1. The van der Waals surface area contributed by atoms with Crippen LogP contribution in [0.4, 0.5) is 4.39 Å². The lowest BCUT2D eigenvalue weighted by Crippen LogP contribution is -2.39. The molecule has 0 bridgehead atoms. The highest BCUT2D eigenvalue weighted by molar-refractivity contribution is 6.19. The molecule has 0 fully saturated rings. The first-order valence-electron chi connectivity index (χ1n) is 6.02. The van der Waals surface area contributed by atoms with Crippen LogP contribution < -0.4 is 10.1 Å². The molecule has 0 aliphatic heterocycles. The van der Waals surface area contributed by atoms with Gasteiger partial charge in [0.05, 0.1) is 18.6 Å². The smallest absolute Gasteiger partial charge is 0.227 e. The van der Waals surface area contributed by atoms with E-state index in [1.807, 2.05) is 0 Å². The predicted molar refractivity (Wildman–Crippen MR) is 74.0 cm³/mol. The summed E-state index contributed by atoms with van der Waals surface area (Å²) >= 11 is 5.76. The summed E-state index contributed by atoms with van der Waals surface area (Å²) in [6, 6.07) is 3.86. The second-order valence-electron chi connectivity index (χ2n) is 5.10. The van der Waals surface area contributed by atoms with Crippen LogP contribution in [0.3, 0.4) is 0 Å². The summed E-state index contributed by atoms with van der Waals surface area (Å²) in [5.74, 6) is 0.207. The SMILES string of the molecule is COc1ccc(F)cc1C(C)NC(=O)C(C)(C)CCl. The number of alkyl halides is 1. The van der Waals surface area contributed by atoms with Crippen LogP contribution in [0.1, 0.15) is 32.4 Å². The van der Waals surface area contributed by atoms with Crippen LogP contribution in [0.5, 0.6) is 5.75 Å². The molecule has 1 aromatic rings. The van der Waals surface area contributed by atoms with Gasteiger partial charge in [0.1, 0.15) is 11.6 Å². The Kier molecular flexibility index (Phi) is 5.18. The van der Waals surface area contributed by atoms with Crippen molar-refractivity contribution in [3.8, 4) is 5.75 Å². The van der Waals surface area contributed by atoms with Gasteiger partial charge in [0, 0.05) is 11.4 Å². The maximum absolute atomic E-state index is 13.3. The Morgan fingerprint density at radius 1 is 1.53 bits per heavy atom. The molecule has 0 spiro atoms. The number of hydrogen-bond acceptors (Lipinski definition) is 2. The van der Waals surface area contributed by atoms with Gasteiger partial charge in [-0.1, -0.05) is 0 Å². The van der Waals surface area contributed by atoms with Gasteiger partial charge in [-0.2, -0.15) is 0 Å². The van der Waals surface area contributed by atoms with Crippen molar-refractivity contribution in [1.29, 1.82) is 0 Å². The van der Waals surface area contributed by atoms with Crippen molar-refractivity contribution in [3.05, 3.63) is 29.6 Å². The Bertz CT molecular complexity index is 463. The molecule has 3 nitrogen and oxygen atoms in total. The Morgan fingerprint density at radius 2 is 2.16 bits per heavy atom. The second-order valence-corrected chi connectivity index (χ2v) is 5.37. The fourth-order valence-electron chi connectivity index (χ4n) is 1.57. The van der Waals surface area contributed by atoms with E-state index in [0.717, 1.165) is 0 Å². The average molecular weight is 288 g/mol. The highest BCUT2D eigenvalue weighted by Crippen LogP contribution is 2.27. The number of halogens is 2. The van der Waals surface area contributed by atoms with Gasteiger partial charge in [-0.05, 0) is 39.0 Å². The molecule has 5 heteroatoms. The number of benzene rings is 1. The number of methoxy groups -OCH3 is 1. The van der Waals surface area contributed by atoms with E-state index in [4.69, 9.17) is 16.3 Å². The van der Waals surface area contributed by atoms with Gasteiger partial charge in [0.15, 0.2) is 0 Å². The van der Waals surface area contributed by atoms with Crippen LogP contribution in [0.25, 0.3) is 0 Å². The first-order chi connectivity index (χ1) is 8.81. The van der Waals surface area contributed by atoms with E-state index in [9.17, 15) is 9.18 Å². The minimum atomic E-state index is -0.670. The first kappa shape index (κ1) is 15.8. The number of amides is 1. The largest absolute Gasteiger partial charge is 0.496 e. The lowest BCUT2D eigenvalue weighted by molar-refractivity contribution is -0.129. The van der Waals surface area contributed by atoms with Crippen molar-refractivity contribution in [1.82, 2.24) is 5.32 Å². The molecule has 1 atom stereocenters. The maximum Gasteiger partial charge on any atom is 0.227 e. The van der Waals surface area contributed by atoms with Gasteiger partial charge in [0.2, 0.25) is 5.91 Å². The Labute approximate surface area is 118 Å². The van der Waals surface area contributed by atoms with Crippen molar-refractivity contribution < 1.29 is 13.9 Å². The first-order valence-corrected chi connectivity index (χ1v) is 6.55. The summed E-state index contributed by atoms with van der Waals surface area (Å²) in [6.07, 6.45) is 0. The van der Waals surface area contributed by atoms with Gasteiger partial charge in [-0.15, -0.1) is 11.6 Å². The van der Waals surface area contributed by atoms with Crippen molar-refractivity contribution in [2.24, 2.45) is 5.41 Å². The van der Waals surface area contributed by atoms with Crippen LogP contribution in [0.15, 0.2) is 18.2 Å². The van der Waals surface area contributed by atoms with Crippen LogP contribution in [-0.2, 0) is 4.79 Å². The molecular formula is C14H19ClFNO2. The number of carbonyl (C=O) groups excluding carboxylic acids is 1. The summed E-state index contributed by atoms with van der Waals surface area (Å²) in [7, 11) is 1.51. The standard InChI is InChI=1S/C14H19ClFNO2/c1-9(17-13(18)14(2,3)8-15)11-7-10(16)5-6-12(11)19-4/h5-7,9H,8H2,1-4H3,(H,17,18). The van der Waals surface area contributed by atoms with E-state index < -0.39 is 5.41 Å². The van der Waals surface area contributed by atoms with E-state index >= 15 is 0 Å². The predicted octanol–water partition coefficient (Wildman–Crippen LogP) is 3.28. The average Bonchev–Trinajstić information content (AvgIpc) is 2.38. The molecule has 106 valence electrons. The maximum atomic E-state index is 13.3. The van der Waals surface area contributed by atoms with E-state index in [0.29, 0.717) is 11.3 Å². The summed E-state index contributed by atoms with van der Waals surface area (Å²) < 4.78 is 18.5. The Hall–Kier alpha value is -1.29. The van der Waals surface area contributed by atoms with Crippen LogP contribution >= 0.6 is 11.6 Å². The zero-order valence-electron chi connectivity index (χ0n) is 11.6. The highest BCUT2D eigenvalue weighted by Gasteiger charge is 2.28. The van der Waals surface area contributed by atoms with E-state index in [-0.39, 0.29) is 23.6 Å². The highest BCUT2D eigenvalue weighted by atomic mass is 35.5. The summed E-state index contributed by atoms with van der Waals surface area (Å²) in [6.45, 7) is 5.29. The van der Waals surface area contributed by atoms with Crippen molar-refractivity contribution >= 4 is 17.5 Å². The van der Waals surface area contributed by atoms with Gasteiger partial charge < -0.3 is 10.1 Å². The lowest BCUT2D eigenvalue weighted by Gasteiger charge is -2.24. The third-order valence-corrected chi connectivity index (χ3v) is 3.62. The molecule has 1 rings (SSSR count). The molecule has 1 N–H and O–H groups in total.